The number of piperidine rings is 1. The van der Waals surface area contributed by atoms with Gasteiger partial charge in [0, 0.05) is 23.8 Å². The van der Waals surface area contributed by atoms with Crippen LogP contribution in [0.4, 0.5) is 5.69 Å². The van der Waals surface area contributed by atoms with Crippen LogP contribution in [-0.4, -0.2) is 18.4 Å². The number of hydrogen-bond donors (Lipinski definition) is 1. The van der Waals surface area contributed by atoms with Crippen molar-refractivity contribution in [2.24, 2.45) is 17.6 Å². The summed E-state index contributed by atoms with van der Waals surface area (Å²) in [6.45, 7) is 4.72. The number of carbonyl (C=O) groups excluding carboxylic acids is 2. The summed E-state index contributed by atoms with van der Waals surface area (Å²) in [7, 11) is 0. The minimum atomic E-state index is -0.104. The van der Waals surface area contributed by atoms with E-state index in [1.807, 2.05) is 24.3 Å². The van der Waals surface area contributed by atoms with E-state index in [4.69, 9.17) is 5.73 Å². The van der Waals surface area contributed by atoms with Crippen LogP contribution in [0.25, 0.3) is 0 Å². The van der Waals surface area contributed by atoms with Crippen LogP contribution in [0.1, 0.15) is 38.7 Å². The number of benzene rings is 1. The van der Waals surface area contributed by atoms with Gasteiger partial charge in [0.15, 0.2) is 0 Å². The van der Waals surface area contributed by atoms with E-state index >= 15 is 0 Å². The molecule has 1 saturated carbocycles. The van der Waals surface area contributed by atoms with Gasteiger partial charge in [0.2, 0.25) is 11.8 Å². The van der Waals surface area contributed by atoms with E-state index in [0.29, 0.717) is 12.2 Å². The maximum absolute atomic E-state index is 12.4. The van der Waals surface area contributed by atoms with Crippen LogP contribution >= 0.6 is 0 Å². The van der Waals surface area contributed by atoms with Gasteiger partial charge in [-0.25, -0.2) is 0 Å². The SMILES string of the molecule is CC(C)(CN)c1ccc(N2C(=O)C3CCC(C3)C2=O)cc1. The van der Waals surface area contributed by atoms with Crippen molar-refractivity contribution in [1.29, 1.82) is 0 Å². The van der Waals surface area contributed by atoms with Crippen LogP contribution in [0.3, 0.4) is 0 Å². The van der Waals surface area contributed by atoms with E-state index in [9.17, 15) is 9.59 Å². The number of nitrogens with two attached hydrogens (primary N) is 1. The molecule has 21 heavy (non-hydrogen) atoms. The molecule has 1 aromatic carbocycles. The maximum atomic E-state index is 12.4. The van der Waals surface area contributed by atoms with Crippen LogP contribution in [0.15, 0.2) is 24.3 Å². The van der Waals surface area contributed by atoms with E-state index in [2.05, 4.69) is 13.8 Å². The minimum absolute atomic E-state index is 0.0282. The van der Waals surface area contributed by atoms with E-state index in [-0.39, 0.29) is 29.1 Å². The van der Waals surface area contributed by atoms with Gasteiger partial charge < -0.3 is 5.73 Å². The molecular formula is C17H22N2O2. The number of amides is 2. The third kappa shape index (κ3) is 2.27. The number of hydrogen-bond acceptors (Lipinski definition) is 3. The monoisotopic (exact) mass is 286 g/mol. The molecule has 4 nitrogen and oxygen atoms in total. The minimum Gasteiger partial charge on any atom is -0.330 e. The Balaban J connectivity index is 1.90. The molecule has 2 unspecified atom stereocenters. The van der Waals surface area contributed by atoms with E-state index in [0.717, 1.165) is 24.8 Å². The molecule has 112 valence electrons. The Labute approximate surface area is 125 Å². The first-order valence-electron chi connectivity index (χ1n) is 7.62. The molecule has 0 aromatic heterocycles. The summed E-state index contributed by atoms with van der Waals surface area (Å²) in [5.41, 5.74) is 7.50. The molecule has 2 atom stereocenters. The van der Waals surface area contributed by atoms with Gasteiger partial charge in [-0.2, -0.15) is 0 Å². The van der Waals surface area contributed by atoms with E-state index < -0.39 is 0 Å². The second-order valence-electron chi connectivity index (χ2n) is 6.85. The second-order valence-corrected chi connectivity index (χ2v) is 6.85. The fourth-order valence-electron chi connectivity index (χ4n) is 3.34. The Bertz CT molecular complexity index is 555. The van der Waals surface area contributed by atoms with Crippen molar-refractivity contribution in [2.75, 3.05) is 11.4 Å². The zero-order valence-corrected chi connectivity index (χ0v) is 12.6. The van der Waals surface area contributed by atoms with Crippen molar-refractivity contribution in [3.63, 3.8) is 0 Å². The number of imide groups is 1. The van der Waals surface area contributed by atoms with Gasteiger partial charge in [-0.15, -0.1) is 0 Å². The molecule has 1 aliphatic heterocycles. The molecule has 1 aromatic rings. The molecule has 1 aliphatic carbocycles. The summed E-state index contributed by atoms with van der Waals surface area (Å²) in [6.07, 6.45) is 2.44. The molecule has 2 bridgehead atoms. The Hall–Kier alpha value is -1.68. The molecule has 0 radical (unpaired) electrons. The second kappa shape index (κ2) is 4.95. The zero-order valence-electron chi connectivity index (χ0n) is 12.6. The largest absolute Gasteiger partial charge is 0.330 e. The number of fused-ring (bicyclic) bond motifs is 2. The normalized spacial score (nSPS) is 25.6. The van der Waals surface area contributed by atoms with Crippen molar-refractivity contribution in [3.8, 4) is 0 Å². The fourth-order valence-corrected chi connectivity index (χ4v) is 3.34. The van der Waals surface area contributed by atoms with Crippen molar-refractivity contribution in [3.05, 3.63) is 29.8 Å². The van der Waals surface area contributed by atoms with Crippen LogP contribution in [0.2, 0.25) is 0 Å². The molecule has 3 rings (SSSR count). The lowest BCUT2D eigenvalue weighted by molar-refractivity contribution is -0.132. The molecule has 2 amide bonds. The summed E-state index contributed by atoms with van der Waals surface area (Å²) in [5, 5.41) is 0. The standard InChI is InChI=1S/C17H22N2O2/c1-17(2,10-18)13-5-7-14(8-6-13)19-15(20)11-3-4-12(9-11)16(19)21/h5-8,11-12H,3-4,9-10,18H2,1-2H3. The van der Waals surface area contributed by atoms with Gasteiger partial charge >= 0.3 is 0 Å². The van der Waals surface area contributed by atoms with E-state index in [1.54, 1.807) is 0 Å². The molecule has 2 fully saturated rings. The highest BCUT2D eigenvalue weighted by molar-refractivity contribution is 6.18. The molecule has 4 heteroatoms. The predicted molar refractivity (Wildman–Crippen MR) is 81.8 cm³/mol. The van der Waals surface area contributed by atoms with Crippen LogP contribution in [0.5, 0.6) is 0 Å². The van der Waals surface area contributed by atoms with Gasteiger partial charge in [-0.05, 0) is 37.0 Å². The lowest BCUT2D eigenvalue weighted by Gasteiger charge is -2.30. The third-order valence-corrected chi connectivity index (χ3v) is 4.99. The first-order valence-corrected chi connectivity index (χ1v) is 7.62. The van der Waals surface area contributed by atoms with Gasteiger partial charge in [0.1, 0.15) is 0 Å². The maximum Gasteiger partial charge on any atom is 0.236 e. The van der Waals surface area contributed by atoms with Crippen LogP contribution in [-0.2, 0) is 15.0 Å². The smallest absolute Gasteiger partial charge is 0.236 e. The number of rotatable bonds is 3. The summed E-state index contributed by atoms with van der Waals surface area (Å²) in [4.78, 5) is 26.2. The van der Waals surface area contributed by atoms with Crippen LogP contribution in [0, 0.1) is 11.8 Å². The summed E-state index contributed by atoms with van der Waals surface area (Å²) < 4.78 is 0. The lowest BCUT2D eigenvalue weighted by atomic mass is 9.84. The summed E-state index contributed by atoms with van der Waals surface area (Å²) >= 11 is 0. The first kappa shape index (κ1) is 14.3. The van der Waals surface area contributed by atoms with Gasteiger partial charge in [-0.1, -0.05) is 26.0 Å². The Kier molecular flexibility index (Phi) is 3.36. The molecule has 2 aliphatic rings. The zero-order chi connectivity index (χ0) is 15.2. The predicted octanol–water partition coefficient (Wildman–Crippen LogP) is 2.21. The highest BCUT2D eigenvalue weighted by Crippen LogP contribution is 2.40. The van der Waals surface area contributed by atoms with Gasteiger partial charge in [0.25, 0.3) is 0 Å². The van der Waals surface area contributed by atoms with Gasteiger partial charge in [-0.3, -0.25) is 14.5 Å². The average Bonchev–Trinajstić information content (AvgIpc) is 2.93. The van der Waals surface area contributed by atoms with Crippen LogP contribution < -0.4 is 10.6 Å². The Morgan fingerprint density at radius 1 is 1.10 bits per heavy atom. The fraction of sp³-hybridized carbons (Fsp3) is 0.529. The molecular weight excluding hydrogens is 264 g/mol. The Morgan fingerprint density at radius 2 is 1.62 bits per heavy atom. The van der Waals surface area contributed by atoms with Gasteiger partial charge in [0.05, 0.1) is 5.69 Å². The summed E-state index contributed by atoms with van der Waals surface area (Å²) in [5.74, 6) is 0.0138. The molecule has 1 saturated heterocycles. The third-order valence-electron chi connectivity index (χ3n) is 4.99. The first-order chi connectivity index (χ1) is 9.94. The highest BCUT2D eigenvalue weighted by atomic mass is 16.2. The number of nitrogens with zero attached hydrogens (tertiary/aromatic N) is 1. The van der Waals surface area contributed by atoms with Crippen molar-refractivity contribution in [1.82, 2.24) is 0 Å². The molecule has 1 heterocycles. The van der Waals surface area contributed by atoms with Crippen molar-refractivity contribution in [2.45, 2.75) is 38.5 Å². The molecule has 2 N–H and O–H groups in total. The van der Waals surface area contributed by atoms with E-state index in [1.165, 1.54) is 4.90 Å². The highest BCUT2D eigenvalue weighted by Gasteiger charge is 2.45. The number of anilines is 1. The number of carbonyl (C=O) groups is 2. The lowest BCUT2D eigenvalue weighted by Crippen LogP contribution is -2.46. The summed E-state index contributed by atoms with van der Waals surface area (Å²) in [6, 6.07) is 7.68. The topological polar surface area (TPSA) is 63.4 Å². The quantitative estimate of drug-likeness (QED) is 0.867. The van der Waals surface area contributed by atoms with Crippen molar-refractivity contribution >= 4 is 17.5 Å². The van der Waals surface area contributed by atoms with Crippen molar-refractivity contribution < 1.29 is 9.59 Å². The Morgan fingerprint density at radius 3 is 2.10 bits per heavy atom. The average molecular weight is 286 g/mol. The molecule has 0 spiro atoms.